The van der Waals surface area contributed by atoms with Crippen molar-refractivity contribution in [2.75, 3.05) is 13.1 Å². The second kappa shape index (κ2) is 5.31. The van der Waals surface area contributed by atoms with Crippen LogP contribution in [0.25, 0.3) is 0 Å². The highest BCUT2D eigenvalue weighted by Crippen LogP contribution is 2.36. The molecular formula is C13H26N2. The number of hydrogen-bond acceptors (Lipinski definition) is 2. The molecule has 2 aliphatic carbocycles. The summed E-state index contributed by atoms with van der Waals surface area (Å²) >= 11 is 0. The lowest BCUT2D eigenvalue weighted by Gasteiger charge is -2.31. The molecule has 0 aromatic rings. The number of nitrogens with two attached hydrogens (primary N) is 1. The lowest BCUT2D eigenvalue weighted by Crippen LogP contribution is -2.43. The molecule has 0 saturated heterocycles. The molecule has 2 fully saturated rings. The highest BCUT2D eigenvalue weighted by Gasteiger charge is 2.36. The maximum Gasteiger partial charge on any atom is 0.0221 e. The van der Waals surface area contributed by atoms with E-state index in [1.807, 2.05) is 0 Å². The lowest BCUT2D eigenvalue weighted by molar-refractivity contribution is 0.170. The van der Waals surface area contributed by atoms with Gasteiger partial charge in [0.15, 0.2) is 0 Å². The van der Waals surface area contributed by atoms with E-state index in [1.54, 1.807) is 0 Å². The molecule has 0 aliphatic heterocycles. The molecule has 0 bridgehead atoms. The van der Waals surface area contributed by atoms with Crippen LogP contribution in [0.2, 0.25) is 0 Å². The fourth-order valence-corrected chi connectivity index (χ4v) is 2.46. The summed E-state index contributed by atoms with van der Waals surface area (Å²) in [6, 6.07) is 1.58. The van der Waals surface area contributed by atoms with Gasteiger partial charge in [0.05, 0.1) is 0 Å². The van der Waals surface area contributed by atoms with E-state index in [0.29, 0.717) is 6.04 Å². The molecule has 15 heavy (non-hydrogen) atoms. The van der Waals surface area contributed by atoms with Gasteiger partial charge in [0, 0.05) is 25.2 Å². The first-order chi connectivity index (χ1) is 7.35. The van der Waals surface area contributed by atoms with Crippen molar-refractivity contribution < 1.29 is 0 Å². The summed E-state index contributed by atoms with van der Waals surface area (Å²) in [7, 11) is 0. The SMILES string of the molecule is CCCCC(CN)N(CC1CC1)C1CC1. The van der Waals surface area contributed by atoms with Gasteiger partial charge in [-0.25, -0.2) is 0 Å². The number of rotatable bonds is 8. The Bertz CT molecular complexity index is 185. The van der Waals surface area contributed by atoms with E-state index in [0.717, 1.165) is 18.5 Å². The van der Waals surface area contributed by atoms with E-state index in [1.165, 1.54) is 51.5 Å². The summed E-state index contributed by atoms with van der Waals surface area (Å²) in [5.41, 5.74) is 5.93. The van der Waals surface area contributed by atoms with Crippen LogP contribution in [0.3, 0.4) is 0 Å². The average Bonchev–Trinajstić information content (AvgIpc) is 3.10. The molecule has 2 saturated carbocycles. The molecule has 0 aromatic carbocycles. The zero-order chi connectivity index (χ0) is 10.7. The van der Waals surface area contributed by atoms with Gasteiger partial charge in [-0.1, -0.05) is 19.8 Å². The summed E-state index contributed by atoms with van der Waals surface area (Å²) in [4.78, 5) is 2.74. The molecule has 2 nitrogen and oxygen atoms in total. The molecule has 0 spiro atoms. The van der Waals surface area contributed by atoms with Crippen LogP contribution >= 0.6 is 0 Å². The third-order valence-electron chi connectivity index (χ3n) is 3.81. The third-order valence-corrected chi connectivity index (χ3v) is 3.81. The zero-order valence-corrected chi connectivity index (χ0v) is 10.1. The first kappa shape index (κ1) is 11.4. The van der Waals surface area contributed by atoms with E-state index in [-0.39, 0.29) is 0 Å². The highest BCUT2D eigenvalue weighted by molar-refractivity contribution is 4.92. The summed E-state index contributed by atoms with van der Waals surface area (Å²) in [6.45, 7) is 4.48. The monoisotopic (exact) mass is 210 g/mol. The van der Waals surface area contributed by atoms with Gasteiger partial charge >= 0.3 is 0 Å². The van der Waals surface area contributed by atoms with Gasteiger partial charge < -0.3 is 5.73 Å². The van der Waals surface area contributed by atoms with Crippen molar-refractivity contribution in [1.29, 1.82) is 0 Å². The number of nitrogens with zero attached hydrogens (tertiary/aromatic N) is 1. The molecule has 2 heteroatoms. The zero-order valence-electron chi connectivity index (χ0n) is 10.1. The fraction of sp³-hybridized carbons (Fsp3) is 1.00. The highest BCUT2D eigenvalue weighted by atomic mass is 15.2. The summed E-state index contributed by atoms with van der Waals surface area (Å²) in [5.74, 6) is 1.02. The van der Waals surface area contributed by atoms with E-state index >= 15 is 0 Å². The normalized spacial score (nSPS) is 23.4. The van der Waals surface area contributed by atoms with E-state index in [4.69, 9.17) is 5.73 Å². The minimum absolute atomic E-state index is 0.679. The van der Waals surface area contributed by atoms with E-state index in [2.05, 4.69) is 11.8 Å². The maximum atomic E-state index is 5.93. The van der Waals surface area contributed by atoms with Crippen LogP contribution < -0.4 is 5.73 Å². The molecule has 0 amide bonds. The smallest absolute Gasteiger partial charge is 0.0221 e. The van der Waals surface area contributed by atoms with Crippen LogP contribution in [0.4, 0.5) is 0 Å². The molecule has 88 valence electrons. The van der Waals surface area contributed by atoms with Crippen molar-refractivity contribution >= 4 is 0 Å². The predicted molar refractivity (Wildman–Crippen MR) is 64.8 cm³/mol. The quantitative estimate of drug-likeness (QED) is 0.666. The van der Waals surface area contributed by atoms with Crippen molar-refractivity contribution in [3.63, 3.8) is 0 Å². The van der Waals surface area contributed by atoms with Gasteiger partial charge in [-0.15, -0.1) is 0 Å². The molecule has 2 N–H and O–H groups in total. The van der Waals surface area contributed by atoms with E-state index in [9.17, 15) is 0 Å². The number of unbranched alkanes of at least 4 members (excludes halogenated alkanes) is 1. The van der Waals surface area contributed by atoms with Gasteiger partial charge in [-0.3, -0.25) is 4.90 Å². The Morgan fingerprint density at radius 3 is 2.47 bits per heavy atom. The molecule has 0 radical (unpaired) electrons. The van der Waals surface area contributed by atoms with Crippen molar-refractivity contribution in [3.8, 4) is 0 Å². The standard InChI is InChI=1S/C13H26N2/c1-2-3-4-13(9-14)15(12-7-8-12)10-11-5-6-11/h11-13H,2-10,14H2,1H3. The van der Waals surface area contributed by atoms with Crippen LogP contribution in [-0.2, 0) is 0 Å². The fourth-order valence-electron chi connectivity index (χ4n) is 2.46. The summed E-state index contributed by atoms with van der Waals surface area (Å²) < 4.78 is 0. The summed E-state index contributed by atoms with van der Waals surface area (Å²) in [5, 5.41) is 0. The van der Waals surface area contributed by atoms with Crippen molar-refractivity contribution in [2.24, 2.45) is 11.7 Å². The average molecular weight is 210 g/mol. The Balaban J connectivity index is 1.81. The summed E-state index contributed by atoms with van der Waals surface area (Å²) in [6.07, 6.45) is 9.75. The second-order valence-corrected chi connectivity index (χ2v) is 5.40. The number of hydrogen-bond donors (Lipinski definition) is 1. The molecule has 1 unspecified atom stereocenters. The second-order valence-electron chi connectivity index (χ2n) is 5.40. The predicted octanol–water partition coefficient (Wildman–Crippen LogP) is 2.38. The minimum Gasteiger partial charge on any atom is -0.329 e. The van der Waals surface area contributed by atoms with Gasteiger partial charge in [0.1, 0.15) is 0 Å². The Hall–Kier alpha value is -0.0800. The Morgan fingerprint density at radius 1 is 1.27 bits per heavy atom. The molecule has 0 heterocycles. The topological polar surface area (TPSA) is 29.3 Å². The third kappa shape index (κ3) is 3.46. The minimum atomic E-state index is 0.679. The Kier molecular flexibility index (Phi) is 4.04. The van der Waals surface area contributed by atoms with Crippen LogP contribution in [0, 0.1) is 5.92 Å². The molecular weight excluding hydrogens is 184 g/mol. The Labute approximate surface area is 94.2 Å². The van der Waals surface area contributed by atoms with Crippen LogP contribution in [0.15, 0.2) is 0 Å². The molecule has 2 rings (SSSR count). The molecule has 2 aliphatic rings. The van der Waals surface area contributed by atoms with Gasteiger partial charge in [-0.2, -0.15) is 0 Å². The van der Waals surface area contributed by atoms with Crippen molar-refractivity contribution in [1.82, 2.24) is 4.90 Å². The maximum absolute atomic E-state index is 5.93. The first-order valence-corrected chi connectivity index (χ1v) is 6.81. The van der Waals surface area contributed by atoms with Crippen LogP contribution in [0.5, 0.6) is 0 Å². The van der Waals surface area contributed by atoms with Gasteiger partial charge in [0.2, 0.25) is 0 Å². The largest absolute Gasteiger partial charge is 0.329 e. The van der Waals surface area contributed by atoms with Crippen LogP contribution in [0.1, 0.15) is 51.9 Å². The van der Waals surface area contributed by atoms with Crippen molar-refractivity contribution in [2.45, 2.75) is 64.0 Å². The van der Waals surface area contributed by atoms with Crippen LogP contribution in [-0.4, -0.2) is 30.1 Å². The first-order valence-electron chi connectivity index (χ1n) is 6.81. The molecule has 0 aromatic heterocycles. The van der Waals surface area contributed by atoms with Crippen molar-refractivity contribution in [3.05, 3.63) is 0 Å². The van der Waals surface area contributed by atoms with E-state index < -0.39 is 0 Å². The molecule has 1 atom stereocenters. The van der Waals surface area contributed by atoms with Gasteiger partial charge in [0.25, 0.3) is 0 Å². The van der Waals surface area contributed by atoms with Gasteiger partial charge in [-0.05, 0) is 38.0 Å². The lowest BCUT2D eigenvalue weighted by atomic mass is 10.1. The Morgan fingerprint density at radius 2 is 2.00 bits per heavy atom.